The number of H-pyrrole nitrogens is 1. The molecule has 0 spiro atoms. The minimum absolute atomic E-state index is 0.315. The van der Waals surface area contributed by atoms with Gasteiger partial charge in [-0.2, -0.15) is 5.10 Å². The van der Waals surface area contributed by atoms with Gasteiger partial charge in [0.25, 0.3) is 0 Å². The van der Waals surface area contributed by atoms with E-state index in [9.17, 15) is 0 Å². The number of hydrogen-bond acceptors (Lipinski definition) is 5. The molecule has 0 aromatic carbocycles. The fourth-order valence-corrected chi connectivity index (χ4v) is 3.96. The fourth-order valence-electron chi connectivity index (χ4n) is 3.96. The first-order valence-electron chi connectivity index (χ1n) is 9.72. The molecule has 2 aliphatic heterocycles. The molecule has 142 valence electrons. The van der Waals surface area contributed by atoms with Crippen molar-refractivity contribution in [2.45, 2.75) is 45.3 Å². The van der Waals surface area contributed by atoms with Crippen LogP contribution in [0.5, 0.6) is 0 Å². The molecule has 2 aromatic heterocycles. The zero-order chi connectivity index (χ0) is 17.8. The summed E-state index contributed by atoms with van der Waals surface area (Å²) in [6.07, 6.45) is 9.10. The molecule has 1 saturated heterocycles. The summed E-state index contributed by atoms with van der Waals surface area (Å²) in [7, 11) is 0. The summed E-state index contributed by atoms with van der Waals surface area (Å²) in [5, 5.41) is 6.93. The average molecular weight is 359 g/mol. The molecular weight excluding hydrogens is 330 g/mol. The lowest BCUT2D eigenvalue weighted by atomic mass is 10.0. The van der Waals surface area contributed by atoms with Gasteiger partial charge in [-0.1, -0.05) is 0 Å². The highest BCUT2D eigenvalue weighted by atomic mass is 16.5. The van der Waals surface area contributed by atoms with Gasteiger partial charge in [0.1, 0.15) is 5.82 Å². The normalized spacial score (nSPS) is 21.8. The Kier molecular flexibility index (Phi) is 5.67. The molecule has 0 saturated carbocycles. The maximum Gasteiger partial charge on any atom is 0.126 e. The second kappa shape index (κ2) is 8.33. The lowest BCUT2D eigenvalue weighted by Gasteiger charge is -2.34. The van der Waals surface area contributed by atoms with Crippen LogP contribution in [-0.4, -0.2) is 57.6 Å². The summed E-state index contributed by atoms with van der Waals surface area (Å²) < 4.78 is 13.7. The molecule has 1 atom stereocenters. The zero-order valence-electron chi connectivity index (χ0n) is 15.6. The summed E-state index contributed by atoms with van der Waals surface area (Å²) in [6.45, 7) is 8.58. The van der Waals surface area contributed by atoms with Crippen LogP contribution < -0.4 is 0 Å². The van der Waals surface area contributed by atoms with Crippen molar-refractivity contribution in [1.82, 2.24) is 24.6 Å². The molecule has 2 aliphatic rings. The molecule has 7 heteroatoms. The quantitative estimate of drug-likeness (QED) is 0.768. The molecule has 0 amide bonds. The predicted octanol–water partition coefficient (Wildman–Crippen LogP) is 2.17. The van der Waals surface area contributed by atoms with Crippen LogP contribution in [-0.2, 0) is 29.0 Å². The van der Waals surface area contributed by atoms with E-state index in [-0.39, 0.29) is 0 Å². The number of aromatic amines is 1. The fraction of sp³-hybridized carbons (Fsp3) is 0.684. The third kappa shape index (κ3) is 4.00. The van der Waals surface area contributed by atoms with E-state index in [1.807, 2.05) is 18.6 Å². The van der Waals surface area contributed by atoms with E-state index in [4.69, 9.17) is 14.5 Å². The smallest absolute Gasteiger partial charge is 0.126 e. The van der Waals surface area contributed by atoms with Crippen LogP contribution >= 0.6 is 0 Å². The van der Waals surface area contributed by atoms with Gasteiger partial charge in [0.05, 0.1) is 18.8 Å². The molecule has 1 fully saturated rings. The summed E-state index contributed by atoms with van der Waals surface area (Å²) in [4.78, 5) is 7.17. The second-order valence-corrected chi connectivity index (χ2v) is 7.39. The monoisotopic (exact) mass is 359 g/mol. The van der Waals surface area contributed by atoms with Crippen LogP contribution in [0.3, 0.4) is 0 Å². The Bertz CT molecular complexity index is 678. The number of hydrogen-bond donors (Lipinski definition) is 1. The number of aromatic nitrogens is 4. The predicted molar refractivity (Wildman–Crippen MR) is 97.7 cm³/mol. The van der Waals surface area contributed by atoms with Crippen molar-refractivity contribution in [2.24, 2.45) is 5.92 Å². The third-order valence-corrected chi connectivity index (χ3v) is 5.64. The Balaban J connectivity index is 1.29. The Hall–Kier alpha value is -1.70. The topological polar surface area (TPSA) is 68.2 Å². The number of ether oxygens (including phenoxy) is 2. The van der Waals surface area contributed by atoms with Gasteiger partial charge in [0.2, 0.25) is 0 Å². The SMILES string of the molecule is CC1c2ncc(CCOCC3CCOCC3)n2CCN1Cc1cn[nH]c1. The van der Waals surface area contributed by atoms with E-state index < -0.39 is 0 Å². The zero-order valence-corrected chi connectivity index (χ0v) is 15.6. The van der Waals surface area contributed by atoms with Gasteiger partial charge in [-0.25, -0.2) is 4.98 Å². The molecular formula is C19H29N5O2. The number of fused-ring (bicyclic) bond motifs is 1. The third-order valence-electron chi connectivity index (χ3n) is 5.64. The standard InChI is InChI=1S/C19H29N5O2/c1-15-19-20-12-18(4-9-26-14-16-2-7-25-8-3-16)24(19)6-5-23(15)13-17-10-21-22-11-17/h10-12,15-16H,2-9,13-14H2,1H3,(H,21,22). The van der Waals surface area contributed by atoms with Gasteiger partial charge in [-0.3, -0.25) is 10.00 Å². The molecule has 0 bridgehead atoms. The summed E-state index contributed by atoms with van der Waals surface area (Å²) >= 11 is 0. The van der Waals surface area contributed by atoms with Crippen molar-refractivity contribution in [3.05, 3.63) is 35.7 Å². The summed E-state index contributed by atoms with van der Waals surface area (Å²) in [5.74, 6) is 1.83. The van der Waals surface area contributed by atoms with E-state index in [0.29, 0.717) is 12.0 Å². The number of nitrogens with zero attached hydrogens (tertiary/aromatic N) is 4. The average Bonchev–Trinajstić information content (AvgIpc) is 3.32. The molecule has 4 heterocycles. The van der Waals surface area contributed by atoms with Gasteiger partial charge in [0, 0.05) is 69.5 Å². The van der Waals surface area contributed by atoms with Crippen LogP contribution in [0.2, 0.25) is 0 Å². The molecule has 7 nitrogen and oxygen atoms in total. The van der Waals surface area contributed by atoms with E-state index >= 15 is 0 Å². The van der Waals surface area contributed by atoms with E-state index in [2.05, 4.69) is 26.6 Å². The van der Waals surface area contributed by atoms with Gasteiger partial charge in [-0.15, -0.1) is 0 Å². The van der Waals surface area contributed by atoms with Crippen molar-refractivity contribution in [3.8, 4) is 0 Å². The van der Waals surface area contributed by atoms with Crippen LogP contribution in [0.4, 0.5) is 0 Å². The minimum atomic E-state index is 0.315. The Morgan fingerprint density at radius 3 is 2.96 bits per heavy atom. The first-order chi connectivity index (χ1) is 12.8. The van der Waals surface area contributed by atoms with E-state index in [0.717, 1.165) is 65.3 Å². The molecule has 1 unspecified atom stereocenters. The van der Waals surface area contributed by atoms with E-state index in [1.165, 1.54) is 17.1 Å². The first kappa shape index (κ1) is 17.7. The first-order valence-corrected chi connectivity index (χ1v) is 9.72. The van der Waals surface area contributed by atoms with Crippen LogP contribution in [0.1, 0.15) is 42.9 Å². The van der Waals surface area contributed by atoms with Crippen molar-refractivity contribution in [2.75, 3.05) is 33.0 Å². The lowest BCUT2D eigenvalue weighted by Crippen LogP contribution is -2.37. The maximum atomic E-state index is 5.94. The summed E-state index contributed by atoms with van der Waals surface area (Å²) in [6, 6.07) is 0.315. The minimum Gasteiger partial charge on any atom is -0.381 e. The second-order valence-electron chi connectivity index (χ2n) is 7.39. The van der Waals surface area contributed by atoms with Crippen molar-refractivity contribution >= 4 is 0 Å². The van der Waals surface area contributed by atoms with Crippen molar-refractivity contribution < 1.29 is 9.47 Å². The lowest BCUT2D eigenvalue weighted by molar-refractivity contribution is 0.0211. The van der Waals surface area contributed by atoms with Crippen molar-refractivity contribution in [3.63, 3.8) is 0 Å². The Morgan fingerprint density at radius 1 is 1.27 bits per heavy atom. The number of rotatable bonds is 7. The van der Waals surface area contributed by atoms with Crippen LogP contribution in [0.25, 0.3) is 0 Å². The largest absolute Gasteiger partial charge is 0.381 e. The van der Waals surface area contributed by atoms with Gasteiger partial charge >= 0.3 is 0 Å². The Morgan fingerprint density at radius 2 is 2.15 bits per heavy atom. The molecule has 0 radical (unpaired) electrons. The number of nitrogens with one attached hydrogen (secondary N) is 1. The molecule has 2 aromatic rings. The van der Waals surface area contributed by atoms with Gasteiger partial charge in [0.15, 0.2) is 0 Å². The Labute approximate surface area is 154 Å². The molecule has 26 heavy (non-hydrogen) atoms. The van der Waals surface area contributed by atoms with Crippen LogP contribution in [0.15, 0.2) is 18.6 Å². The molecule has 0 aliphatic carbocycles. The molecule has 1 N–H and O–H groups in total. The highest BCUT2D eigenvalue weighted by molar-refractivity contribution is 5.12. The van der Waals surface area contributed by atoms with Gasteiger partial charge in [-0.05, 0) is 25.7 Å². The number of imidazole rings is 1. The van der Waals surface area contributed by atoms with Crippen LogP contribution in [0, 0.1) is 5.92 Å². The molecule has 4 rings (SSSR count). The van der Waals surface area contributed by atoms with Gasteiger partial charge < -0.3 is 14.0 Å². The van der Waals surface area contributed by atoms with E-state index in [1.54, 1.807) is 0 Å². The summed E-state index contributed by atoms with van der Waals surface area (Å²) in [5.41, 5.74) is 2.51. The van der Waals surface area contributed by atoms with Crippen molar-refractivity contribution in [1.29, 1.82) is 0 Å². The highest BCUT2D eigenvalue weighted by Crippen LogP contribution is 2.27. The maximum absolute atomic E-state index is 5.94. The highest BCUT2D eigenvalue weighted by Gasteiger charge is 2.27.